The summed E-state index contributed by atoms with van der Waals surface area (Å²) in [7, 11) is -1.94. The van der Waals surface area contributed by atoms with Gasteiger partial charge in [-0.3, -0.25) is 4.79 Å². The average molecular weight is 420 g/mol. The number of aromatic nitrogens is 2. The van der Waals surface area contributed by atoms with Gasteiger partial charge in [-0.1, -0.05) is 12.1 Å². The van der Waals surface area contributed by atoms with Crippen LogP contribution in [0.2, 0.25) is 0 Å². The van der Waals surface area contributed by atoms with Crippen molar-refractivity contribution in [1.29, 1.82) is 0 Å². The van der Waals surface area contributed by atoms with Crippen molar-refractivity contribution in [3.63, 3.8) is 0 Å². The molecule has 0 N–H and O–H groups in total. The summed E-state index contributed by atoms with van der Waals surface area (Å²) in [6, 6.07) is 7.23. The number of hydrogen-bond donors (Lipinski definition) is 0. The molecule has 2 aliphatic heterocycles. The average Bonchev–Trinajstić information content (AvgIpc) is 2.93. The Bertz CT molecular complexity index is 1000. The first-order valence-corrected chi connectivity index (χ1v) is 11.0. The lowest BCUT2D eigenvalue weighted by molar-refractivity contribution is -0.141. The van der Waals surface area contributed by atoms with Gasteiger partial charge in [-0.2, -0.15) is 4.31 Å². The molecule has 10 heteroatoms. The van der Waals surface area contributed by atoms with Crippen molar-refractivity contribution in [2.75, 3.05) is 32.8 Å². The summed E-state index contributed by atoms with van der Waals surface area (Å²) < 4.78 is 40.4. The van der Waals surface area contributed by atoms with Crippen molar-refractivity contribution >= 4 is 15.9 Å². The third-order valence-corrected chi connectivity index (χ3v) is 7.01. The van der Waals surface area contributed by atoms with Crippen LogP contribution in [0.4, 0.5) is 0 Å². The van der Waals surface area contributed by atoms with Crippen LogP contribution in [-0.4, -0.2) is 72.0 Å². The van der Waals surface area contributed by atoms with E-state index in [2.05, 4.69) is 4.98 Å². The van der Waals surface area contributed by atoms with Gasteiger partial charge in [0.1, 0.15) is 12.4 Å². The highest BCUT2D eigenvalue weighted by Gasteiger charge is 2.34. The molecule has 1 atom stereocenters. The molecule has 156 valence electrons. The van der Waals surface area contributed by atoms with Crippen LogP contribution in [0.25, 0.3) is 0 Å². The van der Waals surface area contributed by atoms with Crippen molar-refractivity contribution in [3.8, 4) is 11.5 Å². The second-order valence-corrected chi connectivity index (χ2v) is 9.07. The zero-order valence-electron chi connectivity index (χ0n) is 16.4. The number of amides is 1. The number of para-hydroxylation sites is 2. The zero-order chi connectivity index (χ0) is 20.6. The third kappa shape index (κ3) is 3.82. The first kappa shape index (κ1) is 19.7. The van der Waals surface area contributed by atoms with E-state index in [1.54, 1.807) is 35.6 Å². The number of rotatable bonds is 3. The van der Waals surface area contributed by atoms with E-state index in [9.17, 15) is 13.2 Å². The lowest BCUT2D eigenvalue weighted by Gasteiger charge is -2.30. The lowest BCUT2D eigenvalue weighted by Crippen LogP contribution is -2.47. The number of imidazole rings is 1. The van der Waals surface area contributed by atoms with Crippen LogP contribution in [0, 0.1) is 6.92 Å². The summed E-state index contributed by atoms with van der Waals surface area (Å²) in [5.41, 5.74) is 0. The molecule has 4 rings (SSSR count). The van der Waals surface area contributed by atoms with Gasteiger partial charge < -0.3 is 18.9 Å². The second kappa shape index (κ2) is 7.68. The molecule has 29 heavy (non-hydrogen) atoms. The molecule has 0 spiro atoms. The zero-order valence-corrected chi connectivity index (χ0v) is 17.3. The van der Waals surface area contributed by atoms with E-state index in [-0.39, 0.29) is 24.1 Å². The predicted octanol–water partition coefficient (Wildman–Crippen LogP) is 0.792. The fourth-order valence-corrected chi connectivity index (χ4v) is 4.98. The minimum Gasteiger partial charge on any atom is -0.485 e. The topological polar surface area (TPSA) is 94.0 Å². The summed E-state index contributed by atoms with van der Waals surface area (Å²) in [4.78, 5) is 18.7. The summed E-state index contributed by atoms with van der Waals surface area (Å²) in [5.74, 6) is 1.61. The van der Waals surface area contributed by atoms with Crippen molar-refractivity contribution in [2.24, 2.45) is 7.05 Å². The Kier molecular flexibility index (Phi) is 5.22. The van der Waals surface area contributed by atoms with Crippen LogP contribution in [0.3, 0.4) is 0 Å². The number of aryl methyl sites for hydroxylation is 2. The van der Waals surface area contributed by atoms with E-state index < -0.39 is 16.1 Å². The van der Waals surface area contributed by atoms with E-state index in [1.807, 2.05) is 12.1 Å². The Balaban J connectivity index is 1.43. The minimum absolute atomic E-state index is 0.0397. The molecule has 9 nitrogen and oxygen atoms in total. The Morgan fingerprint density at radius 3 is 2.62 bits per heavy atom. The van der Waals surface area contributed by atoms with Gasteiger partial charge in [0.25, 0.3) is 15.9 Å². The molecule has 0 aliphatic carbocycles. The van der Waals surface area contributed by atoms with Gasteiger partial charge in [0.2, 0.25) is 6.10 Å². The molecule has 1 aromatic heterocycles. The van der Waals surface area contributed by atoms with E-state index in [1.165, 1.54) is 10.5 Å². The van der Waals surface area contributed by atoms with Crippen molar-refractivity contribution < 1.29 is 22.7 Å². The molecule has 0 radical (unpaired) electrons. The predicted molar refractivity (Wildman–Crippen MR) is 104 cm³/mol. The molecule has 2 aromatic rings. The van der Waals surface area contributed by atoms with E-state index >= 15 is 0 Å². The summed E-state index contributed by atoms with van der Waals surface area (Å²) in [5, 5.41) is 0.0397. The Labute approximate surface area is 169 Å². The van der Waals surface area contributed by atoms with Gasteiger partial charge in [0.05, 0.1) is 0 Å². The van der Waals surface area contributed by atoms with Gasteiger partial charge in [-0.15, -0.1) is 0 Å². The Morgan fingerprint density at radius 1 is 1.14 bits per heavy atom. The Morgan fingerprint density at radius 2 is 1.90 bits per heavy atom. The first-order valence-electron chi connectivity index (χ1n) is 9.53. The van der Waals surface area contributed by atoms with Gasteiger partial charge >= 0.3 is 0 Å². The second-order valence-electron chi connectivity index (χ2n) is 7.18. The number of carbonyl (C=O) groups excluding carboxylic acids is 1. The number of benzene rings is 1. The van der Waals surface area contributed by atoms with Gasteiger partial charge in [0.15, 0.2) is 16.5 Å². The first-order chi connectivity index (χ1) is 13.9. The van der Waals surface area contributed by atoms with Crippen LogP contribution >= 0.6 is 0 Å². The minimum atomic E-state index is -3.69. The molecule has 1 aromatic carbocycles. The summed E-state index contributed by atoms with van der Waals surface area (Å²) in [6.45, 7) is 3.22. The largest absolute Gasteiger partial charge is 0.485 e. The van der Waals surface area contributed by atoms with Gasteiger partial charge in [0, 0.05) is 39.4 Å². The highest BCUT2D eigenvalue weighted by molar-refractivity contribution is 7.89. The normalized spacial score (nSPS) is 20.3. The summed E-state index contributed by atoms with van der Waals surface area (Å²) in [6.07, 6.45) is 1.33. The number of sulfonamides is 1. The maximum atomic E-state index is 12.9. The molecule has 2 aliphatic rings. The van der Waals surface area contributed by atoms with Crippen LogP contribution in [0.5, 0.6) is 11.5 Å². The maximum absolute atomic E-state index is 12.9. The SMILES string of the molecule is Cc1nc(S(=O)(=O)N2CCCN(C(=O)[C@H]3COc4ccccc4O3)CC2)cn1C. The number of fused-ring (bicyclic) bond motifs is 1. The fourth-order valence-electron chi connectivity index (χ4n) is 3.48. The number of nitrogens with zero attached hydrogens (tertiary/aromatic N) is 4. The van der Waals surface area contributed by atoms with Crippen LogP contribution in [0.1, 0.15) is 12.2 Å². The third-order valence-electron chi connectivity index (χ3n) is 5.24. The van der Waals surface area contributed by atoms with E-state index in [0.29, 0.717) is 43.4 Å². The number of hydrogen-bond acceptors (Lipinski definition) is 6. The van der Waals surface area contributed by atoms with Crippen molar-refractivity contribution in [2.45, 2.75) is 24.5 Å². The lowest BCUT2D eigenvalue weighted by atomic mass is 10.2. The molecule has 3 heterocycles. The van der Waals surface area contributed by atoms with Gasteiger partial charge in [-0.25, -0.2) is 13.4 Å². The van der Waals surface area contributed by atoms with Crippen LogP contribution in [-0.2, 0) is 21.9 Å². The van der Waals surface area contributed by atoms with Crippen LogP contribution in [0.15, 0.2) is 35.5 Å². The number of ether oxygens (including phenoxy) is 2. The maximum Gasteiger partial charge on any atom is 0.267 e. The highest BCUT2D eigenvalue weighted by Crippen LogP contribution is 2.31. The fraction of sp³-hybridized carbons (Fsp3) is 0.474. The molecule has 0 unspecified atom stereocenters. The van der Waals surface area contributed by atoms with E-state index in [0.717, 1.165) is 0 Å². The molecule has 0 saturated carbocycles. The quantitative estimate of drug-likeness (QED) is 0.729. The molecule has 0 bridgehead atoms. The van der Waals surface area contributed by atoms with Crippen molar-refractivity contribution in [3.05, 3.63) is 36.3 Å². The molecular formula is C19H24N4O5S. The van der Waals surface area contributed by atoms with Gasteiger partial charge in [-0.05, 0) is 25.5 Å². The van der Waals surface area contributed by atoms with E-state index in [4.69, 9.17) is 9.47 Å². The van der Waals surface area contributed by atoms with Crippen LogP contribution < -0.4 is 9.47 Å². The molecule has 1 fully saturated rings. The standard InChI is InChI=1S/C19H24N4O5S/c1-14-20-18(12-21(14)2)29(25,26)23-9-5-8-22(10-11-23)19(24)17-13-27-15-6-3-4-7-16(15)28-17/h3-4,6-7,12,17H,5,8-11,13H2,1-2H3/t17-/m1/s1. The molecule has 1 amide bonds. The Hall–Kier alpha value is -2.59. The monoisotopic (exact) mass is 420 g/mol. The summed E-state index contributed by atoms with van der Waals surface area (Å²) >= 11 is 0. The molecular weight excluding hydrogens is 396 g/mol. The smallest absolute Gasteiger partial charge is 0.267 e. The van der Waals surface area contributed by atoms with Crippen molar-refractivity contribution in [1.82, 2.24) is 18.8 Å². The molecule has 1 saturated heterocycles. The highest BCUT2D eigenvalue weighted by atomic mass is 32.2. The number of carbonyl (C=O) groups is 1.